The maximum Gasteiger partial charge on any atom is 0.329 e. The second-order valence-electron chi connectivity index (χ2n) is 3.86. The van der Waals surface area contributed by atoms with Crippen molar-refractivity contribution < 1.29 is 19.1 Å². The summed E-state index contributed by atoms with van der Waals surface area (Å²) in [6, 6.07) is -0.733. The predicted octanol–water partition coefficient (Wildman–Crippen LogP) is -1.90. The third-order valence-electron chi connectivity index (χ3n) is 2.42. The molecule has 0 aliphatic carbocycles. The van der Waals surface area contributed by atoms with Crippen LogP contribution in [0.25, 0.3) is 0 Å². The van der Waals surface area contributed by atoms with Crippen molar-refractivity contribution in [2.45, 2.75) is 13.0 Å². The molecule has 0 aromatic rings. The van der Waals surface area contributed by atoms with Gasteiger partial charge in [-0.3, -0.25) is 14.5 Å². The number of amides is 2. The van der Waals surface area contributed by atoms with Crippen LogP contribution in [0.5, 0.6) is 0 Å². The number of piperazine rings is 1. The van der Waals surface area contributed by atoms with E-state index < -0.39 is 12.0 Å². The SMILES string of the molecule is COC(=O)C(CN1CCNC(=O)C1)NC(C)=O. The second-order valence-corrected chi connectivity index (χ2v) is 3.86. The molecule has 1 atom stereocenters. The van der Waals surface area contributed by atoms with E-state index in [9.17, 15) is 14.4 Å². The van der Waals surface area contributed by atoms with E-state index >= 15 is 0 Å². The summed E-state index contributed by atoms with van der Waals surface area (Å²) in [5.41, 5.74) is 0. The van der Waals surface area contributed by atoms with E-state index in [2.05, 4.69) is 15.4 Å². The normalized spacial score (nSPS) is 18.1. The van der Waals surface area contributed by atoms with Crippen molar-refractivity contribution in [2.75, 3.05) is 33.3 Å². The number of methoxy groups -OCH3 is 1. The molecule has 1 aliphatic rings. The van der Waals surface area contributed by atoms with Crippen molar-refractivity contribution in [1.29, 1.82) is 0 Å². The van der Waals surface area contributed by atoms with Crippen LogP contribution in [0.4, 0.5) is 0 Å². The Labute approximate surface area is 99.5 Å². The molecule has 0 bridgehead atoms. The van der Waals surface area contributed by atoms with Crippen LogP contribution in [0.1, 0.15) is 6.92 Å². The third kappa shape index (κ3) is 4.39. The lowest BCUT2D eigenvalue weighted by molar-refractivity contribution is -0.145. The number of hydrogen-bond acceptors (Lipinski definition) is 5. The molecule has 1 unspecified atom stereocenters. The number of nitrogens with one attached hydrogen (secondary N) is 2. The van der Waals surface area contributed by atoms with E-state index in [-0.39, 0.29) is 24.9 Å². The summed E-state index contributed by atoms with van der Waals surface area (Å²) in [5.74, 6) is -0.893. The Morgan fingerprint density at radius 3 is 2.82 bits per heavy atom. The molecule has 1 rings (SSSR count). The summed E-state index contributed by atoms with van der Waals surface area (Å²) in [5, 5.41) is 5.19. The Kier molecular flexibility index (Phi) is 4.89. The number of rotatable bonds is 4. The van der Waals surface area contributed by atoms with Gasteiger partial charge in [0.2, 0.25) is 11.8 Å². The molecule has 7 nitrogen and oxygen atoms in total. The van der Waals surface area contributed by atoms with Crippen molar-refractivity contribution >= 4 is 17.8 Å². The monoisotopic (exact) mass is 243 g/mol. The molecule has 0 radical (unpaired) electrons. The van der Waals surface area contributed by atoms with E-state index in [0.717, 1.165) is 0 Å². The summed E-state index contributed by atoms with van der Waals surface area (Å²) < 4.78 is 4.60. The maximum absolute atomic E-state index is 11.4. The van der Waals surface area contributed by atoms with E-state index in [1.807, 2.05) is 0 Å². The molecule has 0 aromatic heterocycles. The molecular formula is C10H17N3O4. The van der Waals surface area contributed by atoms with Gasteiger partial charge < -0.3 is 15.4 Å². The standard InChI is InChI=1S/C10H17N3O4/c1-7(14)12-8(10(16)17-2)5-13-4-3-11-9(15)6-13/h8H,3-6H2,1-2H3,(H,11,15)(H,12,14). The molecule has 96 valence electrons. The number of carbonyl (C=O) groups is 3. The van der Waals surface area contributed by atoms with Crippen LogP contribution in [0, 0.1) is 0 Å². The molecule has 1 saturated heterocycles. The van der Waals surface area contributed by atoms with Gasteiger partial charge in [-0.15, -0.1) is 0 Å². The average molecular weight is 243 g/mol. The van der Waals surface area contributed by atoms with E-state index in [0.29, 0.717) is 13.1 Å². The third-order valence-corrected chi connectivity index (χ3v) is 2.42. The van der Waals surface area contributed by atoms with Crippen molar-refractivity contribution in [3.05, 3.63) is 0 Å². The molecule has 17 heavy (non-hydrogen) atoms. The molecule has 2 N–H and O–H groups in total. The smallest absolute Gasteiger partial charge is 0.329 e. The minimum absolute atomic E-state index is 0.0808. The molecular weight excluding hydrogens is 226 g/mol. The highest BCUT2D eigenvalue weighted by Crippen LogP contribution is 1.98. The van der Waals surface area contributed by atoms with Crippen LogP contribution in [-0.2, 0) is 19.1 Å². The molecule has 2 amide bonds. The number of carbonyl (C=O) groups excluding carboxylic acids is 3. The van der Waals surface area contributed by atoms with Gasteiger partial charge in [-0.2, -0.15) is 0 Å². The molecule has 1 fully saturated rings. The fourth-order valence-corrected chi connectivity index (χ4v) is 1.67. The molecule has 1 heterocycles. The van der Waals surface area contributed by atoms with Gasteiger partial charge >= 0.3 is 5.97 Å². The van der Waals surface area contributed by atoms with Gasteiger partial charge in [0.15, 0.2) is 0 Å². The highest BCUT2D eigenvalue weighted by molar-refractivity contribution is 5.83. The first-order valence-corrected chi connectivity index (χ1v) is 5.37. The van der Waals surface area contributed by atoms with Crippen LogP contribution in [0.15, 0.2) is 0 Å². The highest BCUT2D eigenvalue weighted by Gasteiger charge is 2.25. The van der Waals surface area contributed by atoms with Crippen LogP contribution in [-0.4, -0.2) is 62.0 Å². The Morgan fingerprint density at radius 1 is 1.59 bits per heavy atom. The zero-order chi connectivity index (χ0) is 12.8. The van der Waals surface area contributed by atoms with Gasteiger partial charge in [0, 0.05) is 26.6 Å². The average Bonchev–Trinajstić information content (AvgIpc) is 2.26. The van der Waals surface area contributed by atoms with Gasteiger partial charge in [-0.25, -0.2) is 4.79 Å². The first-order valence-electron chi connectivity index (χ1n) is 5.37. The fraction of sp³-hybridized carbons (Fsp3) is 0.700. The van der Waals surface area contributed by atoms with Crippen molar-refractivity contribution in [2.24, 2.45) is 0 Å². The van der Waals surface area contributed by atoms with Crippen molar-refractivity contribution in [3.8, 4) is 0 Å². The molecule has 0 saturated carbocycles. The lowest BCUT2D eigenvalue weighted by Crippen LogP contribution is -2.54. The summed E-state index contributed by atoms with van der Waals surface area (Å²) in [6.45, 7) is 3.04. The predicted molar refractivity (Wildman–Crippen MR) is 59.1 cm³/mol. The molecule has 1 aliphatic heterocycles. The summed E-state index contributed by atoms with van der Waals surface area (Å²) >= 11 is 0. The first-order chi connectivity index (χ1) is 8.02. The van der Waals surface area contributed by atoms with Crippen LogP contribution >= 0.6 is 0 Å². The lowest BCUT2D eigenvalue weighted by Gasteiger charge is -2.29. The van der Waals surface area contributed by atoms with Crippen LogP contribution in [0.3, 0.4) is 0 Å². The minimum atomic E-state index is -0.733. The molecule has 7 heteroatoms. The van der Waals surface area contributed by atoms with E-state index in [1.165, 1.54) is 14.0 Å². The van der Waals surface area contributed by atoms with Crippen molar-refractivity contribution in [3.63, 3.8) is 0 Å². The number of ether oxygens (including phenoxy) is 1. The second kappa shape index (κ2) is 6.19. The summed E-state index contributed by atoms with van der Waals surface area (Å²) in [6.07, 6.45) is 0. The van der Waals surface area contributed by atoms with E-state index in [1.54, 1.807) is 4.90 Å². The molecule has 0 spiro atoms. The number of esters is 1. The van der Waals surface area contributed by atoms with E-state index in [4.69, 9.17) is 0 Å². The lowest BCUT2D eigenvalue weighted by atomic mass is 10.2. The zero-order valence-corrected chi connectivity index (χ0v) is 9.99. The van der Waals surface area contributed by atoms with Gasteiger partial charge in [0.25, 0.3) is 0 Å². The first kappa shape index (κ1) is 13.4. The zero-order valence-electron chi connectivity index (χ0n) is 9.99. The summed E-state index contributed by atoms with van der Waals surface area (Å²) in [7, 11) is 1.26. The highest BCUT2D eigenvalue weighted by atomic mass is 16.5. The minimum Gasteiger partial charge on any atom is -0.467 e. The van der Waals surface area contributed by atoms with Crippen LogP contribution in [0.2, 0.25) is 0 Å². The van der Waals surface area contributed by atoms with Crippen molar-refractivity contribution in [1.82, 2.24) is 15.5 Å². The largest absolute Gasteiger partial charge is 0.467 e. The Bertz CT molecular complexity index is 319. The Hall–Kier alpha value is -1.63. The quantitative estimate of drug-likeness (QED) is 0.563. The Balaban J connectivity index is 2.55. The van der Waals surface area contributed by atoms with Gasteiger partial charge in [-0.05, 0) is 0 Å². The fourth-order valence-electron chi connectivity index (χ4n) is 1.67. The Morgan fingerprint density at radius 2 is 2.29 bits per heavy atom. The van der Waals surface area contributed by atoms with Gasteiger partial charge in [-0.1, -0.05) is 0 Å². The molecule has 0 aromatic carbocycles. The number of nitrogens with zero attached hydrogens (tertiary/aromatic N) is 1. The van der Waals surface area contributed by atoms with Gasteiger partial charge in [0.1, 0.15) is 6.04 Å². The maximum atomic E-state index is 11.4. The summed E-state index contributed by atoms with van der Waals surface area (Å²) in [4.78, 5) is 35.4. The topological polar surface area (TPSA) is 87.7 Å². The van der Waals surface area contributed by atoms with Gasteiger partial charge in [0.05, 0.1) is 13.7 Å². The number of hydrogen-bond donors (Lipinski definition) is 2. The van der Waals surface area contributed by atoms with Crippen LogP contribution < -0.4 is 10.6 Å².